The predicted molar refractivity (Wildman–Crippen MR) is 103 cm³/mol. The molecule has 1 aliphatic rings. The number of nitrogens with one attached hydrogen (secondary N) is 1. The van der Waals surface area contributed by atoms with E-state index in [1.165, 1.54) is 5.56 Å². The number of aromatic nitrogens is 3. The summed E-state index contributed by atoms with van der Waals surface area (Å²) in [7, 11) is 0. The lowest BCUT2D eigenvalue weighted by Gasteiger charge is -2.32. The lowest BCUT2D eigenvalue weighted by atomic mass is 10.0. The lowest BCUT2D eigenvalue weighted by Crippen LogP contribution is -2.34. The fraction of sp³-hybridized carbons (Fsp3) is 0.333. The first-order valence-electron chi connectivity index (χ1n) is 8.23. The van der Waals surface area contributed by atoms with Gasteiger partial charge in [0, 0.05) is 36.3 Å². The van der Waals surface area contributed by atoms with E-state index >= 15 is 0 Å². The van der Waals surface area contributed by atoms with E-state index in [1.807, 2.05) is 12.3 Å². The minimum atomic E-state index is 0.423. The number of H-pyrrole nitrogens is 1. The lowest BCUT2D eigenvalue weighted by molar-refractivity contribution is 0.180. The van der Waals surface area contributed by atoms with Gasteiger partial charge in [0.25, 0.3) is 0 Å². The molecule has 0 saturated carbocycles. The Morgan fingerprint density at radius 2 is 1.96 bits per heavy atom. The van der Waals surface area contributed by atoms with Crippen LogP contribution in [0.5, 0.6) is 0 Å². The van der Waals surface area contributed by atoms with E-state index in [4.69, 9.17) is 12.2 Å². The maximum absolute atomic E-state index is 5.55. The topological polar surface area (TPSA) is 36.9 Å². The largest absolute Gasteiger partial charge is 0.329 e. The van der Waals surface area contributed by atoms with Gasteiger partial charge in [0.2, 0.25) is 0 Å². The van der Waals surface area contributed by atoms with Gasteiger partial charge in [-0.3, -0.25) is 9.47 Å². The van der Waals surface area contributed by atoms with Gasteiger partial charge in [-0.1, -0.05) is 30.3 Å². The molecule has 6 heteroatoms. The van der Waals surface area contributed by atoms with E-state index in [1.54, 1.807) is 0 Å². The van der Waals surface area contributed by atoms with Crippen LogP contribution in [0.1, 0.15) is 24.4 Å². The quantitative estimate of drug-likeness (QED) is 0.645. The maximum atomic E-state index is 5.55. The van der Waals surface area contributed by atoms with Gasteiger partial charge < -0.3 is 4.98 Å². The van der Waals surface area contributed by atoms with Crippen LogP contribution in [0.4, 0.5) is 0 Å². The summed E-state index contributed by atoms with van der Waals surface area (Å²) in [5.74, 6) is 0. The molecule has 1 saturated heterocycles. The fourth-order valence-corrected chi connectivity index (χ4v) is 4.18. The average Bonchev–Trinajstić information content (AvgIpc) is 2.91. The number of likely N-dealkylation sites (tertiary alicyclic amines) is 1. The zero-order chi connectivity index (χ0) is 16.5. The molecule has 0 unspecified atom stereocenters. The number of pyridine rings is 1. The molecule has 24 heavy (non-hydrogen) atoms. The number of aromatic amines is 1. The number of benzene rings is 1. The van der Waals surface area contributed by atoms with E-state index in [0.717, 1.165) is 52.9 Å². The van der Waals surface area contributed by atoms with Crippen LogP contribution in [0.3, 0.4) is 0 Å². The highest BCUT2D eigenvalue weighted by molar-refractivity contribution is 9.10. The highest BCUT2D eigenvalue weighted by Crippen LogP contribution is 2.28. The molecule has 0 spiro atoms. The Morgan fingerprint density at radius 1 is 1.21 bits per heavy atom. The summed E-state index contributed by atoms with van der Waals surface area (Å²) in [4.78, 5) is 10.4. The SMILES string of the molecule is S=c1[nH]c2cc(Br)cnc2n1C1CCN(Cc2ccccc2)CC1. The summed E-state index contributed by atoms with van der Waals surface area (Å²) in [6.45, 7) is 3.20. The molecule has 0 amide bonds. The molecule has 2 aromatic heterocycles. The third kappa shape index (κ3) is 3.18. The molecule has 1 aromatic carbocycles. The van der Waals surface area contributed by atoms with Crippen molar-refractivity contribution in [3.63, 3.8) is 0 Å². The van der Waals surface area contributed by atoms with E-state index in [2.05, 4.69) is 65.7 Å². The fourth-order valence-electron chi connectivity index (χ4n) is 3.50. The van der Waals surface area contributed by atoms with Crippen molar-refractivity contribution in [1.29, 1.82) is 0 Å². The molecule has 1 N–H and O–H groups in total. The summed E-state index contributed by atoms with van der Waals surface area (Å²) >= 11 is 9.02. The van der Waals surface area contributed by atoms with Gasteiger partial charge in [-0.05, 0) is 52.6 Å². The Balaban J connectivity index is 1.50. The van der Waals surface area contributed by atoms with Gasteiger partial charge in [-0.25, -0.2) is 4.98 Å². The molecule has 0 atom stereocenters. The first-order chi connectivity index (χ1) is 11.7. The van der Waals surface area contributed by atoms with Crippen molar-refractivity contribution in [2.75, 3.05) is 13.1 Å². The van der Waals surface area contributed by atoms with Gasteiger partial charge in [0.05, 0.1) is 5.52 Å². The molecule has 0 bridgehead atoms. The molecule has 1 fully saturated rings. The summed E-state index contributed by atoms with van der Waals surface area (Å²) in [6, 6.07) is 13.1. The van der Waals surface area contributed by atoms with E-state index < -0.39 is 0 Å². The zero-order valence-electron chi connectivity index (χ0n) is 13.3. The Hall–Kier alpha value is -1.50. The third-order valence-corrected chi connectivity index (χ3v) is 5.43. The van der Waals surface area contributed by atoms with Crippen molar-refractivity contribution >= 4 is 39.3 Å². The normalized spacial score (nSPS) is 16.7. The van der Waals surface area contributed by atoms with Crippen molar-refractivity contribution in [1.82, 2.24) is 19.4 Å². The number of rotatable bonds is 3. The first kappa shape index (κ1) is 16.0. The van der Waals surface area contributed by atoms with E-state index in [9.17, 15) is 0 Å². The average molecular weight is 403 g/mol. The molecule has 3 aromatic rings. The minimum Gasteiger partial charge on any atom is -0.329 e. The standard InChI is InChI=1S/C18H19BrN4S/c19-14-10-16-17(20-11-14)23(18(24)21-16)15-6-8-22(9-7-15)12-13-4-2-1-3-5-13/h1-5,10-11,15H,6-9,12H2,(H,21,24). The number of hydrogen-bond acceptors (Lipinski definition) is 3. The Bertz CT molecular complexity index is 894. The van der Waals surface area contributed by atoms with Crippen LogP contribution in [-0.2, 0) is 6.54 Å². The second kappa shape index (κ2) is 6.78. The Kier molecular flexibility index (Phi) is 4.52. The zero-order valence-corrected chi connectivity index (χ0v) is 15.7. The molecule has 4 nitrogen and oxygen atoms in total. The van der Waals surface area contributed by atoms with Crippen molar-refractivity contribution < 1.29 is 0 Å². The molecule has 0 aliphatic carbocycles. The molecule has 124 valence electrons. The summed E-state index contributed by atoms with van der Waals surface area (Å²) in [5.41, 5.74) is 3.34. The smallest absolute Gasteiger partial charge is 0.179 e. The molecule has 0 radical (unpaired) electrons. The van der Waals surface area contributed by atoms with Crippen LogP contribution in [0.15, 0.2) is 47.1 Å². The number of imidazole rings is 1. The molecular weight excluding hydrogens is 384 g/mol. The molecule has 4 rings (SSSR count). The number of piperidine rings is 1. The van der Waals surface area contributed by atoms with Crippen LogP contribution >= 0.6 is 28.1 Å². The van der Waals surface area contributed by atoms with Crippen molar-refractivity contribution in [3.8, 4) is 0 Å². The van der Waals surface area contributed by atoms with Crippen molar-refractivity contribution in [2.24, 2.45) is 0 Å². The molecule has 1 aliphatic heterocycles. The van der Waals surface area contributed by atoms with E-state index in [0.29, 0.717) is 6.04 Å². The van der Waals surface area contributed by atoms with Gasteiger partial charge in [-0.15, -0.1) is 0 Å². The number of fused-ring (bicyclic) bond motifs is 1. The third-order valence-electron chi connectivity index (χ3n) is 4.69. The number of hydrogen-bond donors (Lipinski definition) is 1. The number of halogens is 1. The summed E-state index contributed by atoms with van der Waals surface area (Å²) < 4.78 is 3.95. The maximum Gasteiger partial charge on any atom is 0.179 e. The molecule has 3 heterocycles. The summed E-state index contributed by atoms with van der Waals surface area (Å²) in [5, 5.41) is 0. The van der Waals surface area contributed by atoms with Gasteiger partial charge in [0.1, 0.15) is 0 Å². The Morgan fingerprint density at radius 3 is 2.71 bits per heavy atom. The second-order valence-electron chi connectivity index (χ2n) is 6.32. The second-order valence-corrected chi connectivity index (χ2v) is 7.62. The minimum absolute atomic E-state index is 0.423. The van der Waals surface area contributed by atoms with Gasteiger partial charge in [-0.2, -0.15) is 0 Å². The first-order valence-corrected chi connectivity index (χ1v) is 9.43. The molecular formula is C18H19BrN4S. The van der Waals surface area contributed by atoms with Crippen LogP contribution in [-0.4, -0.2) is 32.5 Å². The van der Waals surface area contributed by atoms with Crippen LogP contribution in [0, 0.1) is 4.77 Å². The van der Waals surface area contributed by atoms with Crippen molar-refractivity contribution in [3.05, 3.63) is 57.4 Å². The van der Waals surface area contributed by atoms with E-state index in [-0.39, 0.29) is 0 Å². The van der Waals surface area contributed by atoms with Gasteiger partial charge in [0.15, 0.2) is 10.4 Å². The van der Waals surface area contributed by atoms with Crippen molar-refractivity contribution in [2.45, 2.75) is 25.4 Å². The highest BCUT2D eigenvalue weighted by Gasteiger charge is 2.23. The predicted octanol–water partition coefficient (Wildman–Crippen LogP) is 4.69. The van der Waals surface area contributed by atoms with Crippen LogP contribution in [0.2, 0.25) is 0 Å². The van der Waals surface area contributed by atoms with Crippen LogP contribution in [0.25, 0.3) is 11.2 Å². The summed E-state index contributed by atoms with van der Waals surface area (Å²) in [6.07, 6.45) is 4.05. The Labute approximate surface area is 154 Å². The van der Waals surface area contributed by atoms with Crippen LogP contribution < -0.4 is 0 Å². The monoisotopic (exact) mass is 402 g/mol. The number of nitrogens with zero attached hydrogens (tertiary/aromatic N) is 3. The highest BCUT2D eigenvalue weighted by atomic mass is 79.9. The van der Waals surface area contributed by atoms with Gasteiger partial charge >= 0.3 is 0 Å².